The maximum atomic E-state index is 8.81. The number of aliphatic hydroxyl groups is 1. The molecule has 0 saturated heterocycles. The first-order valence-corrected chi connectivity index (χ1v) is 4.73. The Morgan fingerprint density at radius 2 is 2.15 bits per heavy atom. The second-order valence-corrected chi connectivity index (χ2v) is 3.10. The summed E-state index contributed by atoms with van der Waals surface area (Å²) < 4.78 is 4.98. The van der Waals surface area contributed by atoms with Crippen molar-refractivity contribution in [3.05, 3.63) is 12.2 Å². The van der Waals surface area contributed by atoms with Crippen LogP contribution in [-0.2, 0) is 4.74 Å². The zero-order chi connectivity index (χ0) is 10.1. The molecular formula is C10H21NO2. The molecule has 0 heterocycles. The minimum absolute atomic E-state index is 0.195. The summed E-state index contributed by atoms with van der Waals surface area (Å²) in [6, 6.07) is 0. The van der Waals surface area contributed by atoms with Gasteiger partial charge in [0.1, 0.15) is 0 Å². The minimum atomic E-state index is 0.195. The highest BCUT2D eigenvalue weighted by Crippen LogP contribution is 2.00. The summed E-state index contributed by atoms with van der Waals surface area (Å²) in [7, 11) is 1.69. The van der Waals surface area contributed by atoms with E-state index in [4.69, 9.17) is 9.84 Å². The Labute approximate surface area is 81.0 Å². The standard InChI is InChI=1S/C10H21NO2/c1-4-10(2)9-11(5-7-12)6-8-13-3/h12H,2,4-9H2,1,3H3. The number of hydrogen-bond donors (Lipinski definition) is 1. The molecule has 0 atom stereocenters. The summed E-state index contributed by atoms with van der Waals surface area (Å²) in [6.45, 7) is 9.35. The van der Waals surface area contributed by atoms with Crippen LogP contribution < -0.4 is 0 Å². The Hall–Kier alpha value is -0.380. The zero-order valence-corrected chi connectivity index (χ0v) is 8.75. The van der Waals surface area contributed by atoms with Gasteiger partial charge in [0.15, 0.2) is 0 Å². The van der Waals surface area contributed by atoms with Crippen LogP contribution in [0.15, 0.2) is 12.2 Å². The van der Waals surface area contributed by atoms with Crippen LogP contribution >= 0.6 is 0 Å². The highest BCUT2D eigenvalue weighted by Gasteiger charge is 2.04. The molecule has 78 valence electrons. The third kappa shape index (κ3) is 6.75. The average molecular weight is 187 g/mol. The van der Waals surface area contributed by atoms with E-state index >= 15 is 0 Å². The quantitative estimate of drug-likeness (QED) is 0.573. The molecule has 0 aromatic rings. The maximum Gasteiger partial charge on any atom is 0.0589 e. The molecule has 0 aliphatic carbocycles. The molecule has 0 amide bonds. The van der Waals surface area contributed by atoms with Crippen LogP contribution in [0.5, 0.6) is 0 Å². The highest BCUT2D eigenvalue weighted by atomic mass is 16.5. The van der Waals surface area contributed by atoms with Gasteiger partial charge < -0.3 is 9.84 Å². The van der Waals surface area contributed by atoms with E-state index in [2.05, 4.69) is 18.4 Å². The summed E-state index contributed by atoms with van der Waals surface area (Å²) >= 11 is 0. The molecule has 3 nitrogen and oxygen atoms in total. The second-order valence-electron chi connectivity index (χ2n) is 3.10. The van der Waals surface area contributed by atoms with Crippen molar-refractivity contribution in [1.82, 2.24) is 4.90 Å². The highest BCUT2D eigenvalue weighted by molar-refractivity contribution is 4.95. The Morgan fingerprint density at radius 1 is 1.46 bits per heavy atom. The lowest BCUT2D eigenvalue weighted by molar-refractivity contribution is 0.136. The predicted molar refractivity (Wildman–Crippen MR) is 54.8 cm³/mol. The number of rotatable bonds is 8. The van der Waals surface area contributed by atoms with Crippen molar-refractivity contribution in [2.75, 3.05) is 40.0 Å². The molecule has 0 aliphatic heterocycles. The molecule has 13 heavy (non-hydrogen) atoms. The van der Waals surface area contributed by atoms with E-state index in [1.165, 1.54) is 5.57 Å². The Bertz CT molecular complexity index is 137. The van der Waals surface area contributed by atoms with E-state index in [-0.39, 0.29) is 6.61 Å². The molecule has 0 saturated carbocycles. The van der Waals surface area contributed by atoms with E-state index in [0.29, 0.717) is 13.2 Å². The fraction of sp³-hybridized carbons (Fsp3) is 0.800. The third-order valence-electron chi connectivity index (χ3n) is 1.98. The number of nitrogens with zero attached hydrogens (tertiary/aromatic N) is 1. The van der Waals surface area contributed by atoms with Crippen LogP contribution in [0, 0.1) is 0 Å². The number of methoxy groups -OCH3 is 1. The van der Waals surface area contributed by atoms with Gasteiger partial charge in [-0.1, -0.05) is 19.1 Å². The van der Waals surface area contributed by atoms with Crippen molar-refractivity contribution >= 4 is 0 Å². The van der Waals surface area contributed by atoms with Gasteiger partial charge >= 0.3 is 0 Å². The third-order valence-corrected chi connectivity index (χ3v) is 1.98. The van der Waals surface area contributed by atoms with Crippen molar-refractivity contribution in [3.63, 3.8) is 0 Å². The van der Waals surface area contributed by atoms with E-state index in [9.17, 15) is 0 Å². The van der Waals surface area contributed by atoms with Crippen molar-refractivity contribution < 1.29 is 9.84 Å². The van der Waals surface area contributed by atoms with Crippen LogP contribution in [0.1, 0.15) is 13.3 Å². The summed E-state index contributed by atoms with van der Waals surface area (Å²) in [6.07, 6.45) is 0.995. The molecule has 0 rings (SSSR count). The van der Waals surface area contributed by atoms with E-state index in [1.807, 2.05) is 0 Å². The average Bonchev–Trinajstić information content (AvgIpc) is 2.14. The Balaban J connectivity index is 3.71. The van der Waals surface area contributed by atoms with E-state index < -0.39 is 0 Å². The lowest BCUT2D eigenvalue weighted by Crippen LogP contribution is -2.31. The van der Waals surface area contributed by atoms with Crippen molar-refractivity contribution in [2.24, 2.45) is 0 Å². The van der Waals surface area contributed by atoms with Gasteiger partial charge in [-0.25, -0.2) is 0 Å². The molecule has 0 aromatic heterocycles. The summed E-state index contributed by atoms with van der Waals surface area (Å²) in [5.74, 6) is 0. The van der Waals surface area contributed by atoms with Crippen molar-refractivity contribution in [1.29, 1.82) is 0 Å². The summed E-state index contributed by atoms with van der Waals surface area (Å²) in [5, 5.41) is 8.81. The smallest absolute Gasteiger partial charge is 0.0589 e. The van der Waals surface area contributed by atoms with Crippen LogP contribution in [0.2, 0.25) is 0 Å². The summed E-state index contributed by atoms with van der Waals surface area (Å²) in [5.41, 5.74) is 1.20. The molecule has 0 radical (unpaired) electrons. The van der Waals surface area contributed by atoms with Crippen LogP contribution in [0.4, 0.5) is 0 Å². The monoisotopic (exact) mass is 187 g/mol. The van der Waals surface area contributed by atoms with Crippen molar-refractivity contribution in [3.8, 4) is 0 Å². The molecule has 1 N–H and O–H groups in total. The zero-order valence-electron chi connectivity index (χ0n) is 8.75. The first kappa shape index (κ1) is 12.6. The fourth-order valence-electron chi connectivity index (χ4n) is 1.06. The van der Waals surface area contributed by atoms with Gasteiger partial charge in [0.25, 0.3) is 0 Å². The first-order valence-electron chi connectivity index (χ1n) is 4.73. The number of aliphatic hydroxyl groups excluding tert-OH is 1. The van der Waals surface area contributed by atoms with Gasteiger partial charge in [-0.2, -0.15) is 0 Å². The SMILES string of the molecule is C=C(CC)CN(CCO)CCOC. The van der Waals surface area contributed by atoms with Gasteiger partial charge in [-0.3, -0.25) is 4.90 Å². The van der Waals surface area contributed by atoms with Crippen molar-refractivity contribution in [2.45, 2.75) is 13.3 Å². The molecule has 3 heteroatoms. The normalized spacial score (nSPS) is 10.8. The lowest BCUT2D eigenvalue weighted by Gasteiger charge is -2.21. The van der Waals surface area contributed by atoms with E-state index in [1.54, 1.807) is 7.11 Å². The second kappa shape index (κ2) is 8.23. The Kier molecular flexibility index (Phi) is 7.99. The first-order chi connectivity index (χ1) is 6.24. The minimum Gasteiger partial charge on any atom is -0.395 e. The molecule has 0 bridgehead atoms. The summed E-state index contributed by atoms with van der Waals surface area (Å²) in [4.78, 5) is 2.15. The van der Waals surface area contributed by atoms with Crippen LogP contribution in [0.25, 0.3) is 0 Å². The number of hydrogen-bond acceptors (Lipinski definition) is 3. The molecular weight excluding hydrogens is 166 g/mol. The van der Waals surface area contributed by atoms with Gasteiger partial charge in [-0.15, -0.1) is 0 Å². The van der Waals surface area contributed by atoms with E-state index in [0.717, 1.165) is 19.5 Å². The topological polar surface area (TPSA) is 32.7 Å². The number of ether oxygens (including phenoxy) is 1. The largest absolute Gasteiger partial charge is 0.395 e. The molecule has 0 aromatic carbocycles. The van der Waals surface area contributed by atoms with Gasteiger partial charge in [-0.05, 0) is 6.42 Å². The molecule has 0 unspecified atom stereocenters. The molecule has 0 spiro atoms. The van der Waals surface area contributed by atoms with Crippen LogP contribution in [0.3, 0.4) is 0 Å². The van der Waals surface area contributed by atoms with Gasteiger partial charge in [0.2, 0.25) is 0 Å². The molecule has 0 aliphatic rings. The fourth-order valence-corrected chi connectivity index (χ4v) is 1.06. The van der Waals surface area contributed by atoms with Gasteiger partial charge in [0, 0.05) is 26.7 Å². The molecule has 0 fully saturated rings. The van der Waals surface area contributed by atoms with Gasteiger partial charge in [0.05, 0.1) is 13.2 Å². The maximum absolute atomic E-state index is 8.81. The Morgan fingerprint density at radius 3 is 2.62 bits per heavy atom. The van der Waals surface area contributed by atoms with Crippen LogP contribution in [-0.4, -0.2) is 50.0 Å². The lowest BCUT2D eigenvalue weighted by atomic mass is 10.2. The predicted octanol–water partition coefficient (Wildman–Crippen LogP) is 0.893.